The number of nitrogens with zero attached hydrogens (tertiary/aromatic N) is 1. The van der Waals surface area contributed by atoms with Gasteiger partial charge in [0.15, 0.2) is 0 Å². The Morgan fingerprint density at radius 1 is 1.10 bits per heavy atom. The van der Waals surface area contributed by atoms with E-state index in [9.17, 15) is 18.0 Å². The highest BCUT2D eigenvalue weighted by molar-refractivity contribution is 9.10. The van der Waals surface area contributed by atoms with Crippen LogP contribution in [-0.2, 0) is 23.1 Å². The average molecular weight is 465 g/mol. The minimum Gasteiger partial charge on any atom is -0.325 e. The lowest BCUT2D eigenvalue weighted by molar-refractivity contribution is -0.138. The van der Waals surface area contributed by atoms with Crippen molar-refractivity contribution in [3.63, 3.8) is 0 Å². The third-order valence-electron chi connectivity index (χ3n) is 5.78. The molecular weight excluding hydrogens is 445 g/mol. The van der Waals surface area contributed by atoms with Crippen LogP contribution in [0.15, 0.2) is 53.0 Å². The molecule has 1 amide bonds. The number of rotatable bonds is 2. The van der Waals surface area contributed by atoms with Crippen LogP contribution in [0.5, 0.6) is 0 Å². The molecule has 4 rings (SSSR count). The van der Waals surface area contributed by atoms with Crippen molar-refractivity contribution in [2.24, 2.45) is 0 Å². The van der Waals surface area contributed by atoms with Gasteiger partial charge in [-0.1, -0.05) is 46.3 Å². The smallest absolute Gasteiger partial charge is 0.325 e. The Balaban J connectivity index is 1.68. The number of nitrogens with one attached hydrogen (secondary N) is 1. The first kappa shape index (κ1) is 20.2. The second-order valence-electron chi connectivity index (χ2n) is 7.40. The number of hydrogen-bond donors (Lipinski definition) is 1. The molecule has 2 aromatic rings. The Morgan fingerprint density at radius 2 is 1.83 bits per heavy atom. The van der Waals surface area contributed by atoms with E-state index in [-0.39, 0.29) is 11.5 Å². The lowest BCUT2D eigenvalue weighted by Crippen LogP contribution is -2.50. The number of alkyl halides is 3. The van der Waals surface area contributed by atoms with Crippen LogP contribution < -0.4 is 5.32 Å². The molecule has 2 heterocycles. The first-order valence-corrected chi connectivity index (χ1v) is 10.3. The third kappa shape index (κ3) is 3.62. The molecule has 0 saturated carbocycles. The van der Waals surface area contributed by atoms with Crippen molar-refractivity contribution in [1.29, 1.82) is 0 Å². The fourth-order valence-electron chi connectivity index (χ4n) is 4.48. The van der Waals surface area contributed by atoms with Gasteiger partial charge in [0.1, 0.15) is 0 Å². The zero-order valence-corrected chi connectivity index (χ0v) is 17.2. The van der Waals surface area contributed by atoms with Gasteiger partial charge >= 0.3 is 6.18 Å². The van der Waals surface area contributed by atoms with E-state index in [4.69, 9.17) is 0 Å². The van der Waals surface area contributed by atoms with Crippen LogP contribution in [0.1, 0.15) is 35.1 Å². The van der Waals surface area contributed by atoms with E-state index in [0.717, 1.165) is 47.6 Å². The molecule has 3 nitrogen and oxygen atoms in total. The summed E-state index contributed by atoms with van der Waals surface area (Å²) in [7, 11) is 0. The maximum absolute atomic E-state index is 13.2. The summed E-state index contributed by atoms with van der Waals surface area (Å²) in [6.07, 6.45) is -0.385. The molecule has 0 bridgehead atoms. The largest absolute Gasteiger partial charge is 0.416 e. The zero-order chi connectivity index (χ0) is 20.6. The molecule has 0 radical (unpaired) electrons. The van der Waals surface area contributed by atoms with Crippen LogP contribution in [0.3, 0.4) is 0 Å². The number of piperidine rings is 1. The molecule has 2 aliphatic rings. The van der Waals surface area contributed by atoms with Crippen molar-refractivity contribution in [3.8, 4) is 0 Å². The number of amides is 1. The van der Waals surface area contributed by atoms with E-state index in [2.05, 4.69) is 21.2 Å². The lowest BCUT2D eigenvalue weighted by Gasteiger charge is -2.42. The maximum atomic E-state index is 13.2. The minimum absolute atomic E-state index is 0.00870. The zero-order valence-electron chi connectivity index (χ0n) is 15.6. The molecule has 1 fully saturated rings. The summed E-state index contributed by atoms with van der Waals surface area (Å²) in [6.45, 7) is 2.02. The molecule has 29 heavy (non-hydrogen) atoms. The first-order chi connectivity index (χ1) is 13.8. The lowest BCUT2D eigenvalue weighted by atomic mass is 9.81. The predicted octanol–water partition coefficient (Wildman–Crippen LogP) is 5.10. The molecule has 7 heteroatoms. The summed E-state index contributed by atoms with van der Waals surface area (Å²) in [5, 5.41) is 3.33. The Morgan fingerprint density at radius 3 is 2.55 bits per heavy atom. The molecule has 1 spiro atoms. The van der Waals surface area contributed by atoms with Crippen molar-refractivity contribution in [2.75, 3.05) is 13.1 Å². The summed E-state index contributed by atoms with van der Waals surface area (Å²) < 4.78 is 40.7. The number of carbonyl (C=O) groups is 1. The number of halogens is 4. The van der Waals surface area contributed by atoms with Crippen LogP contribution in [0, 0.1) is 0 Å². The van der Waals surface area contributed by atoms with Crippen molar-refractivity contribution >= 4 is 27.9 Å². The Kier molecular flexibility index (Phi) is 5.29. The van der Waals surface area contributed by atoms with E-state index in [1.54, 1.807) is 0 Å². The van der Waals surface area contributed by atoms with E-state index in [1.807, 2.05) is 23.1 Å². The number of benzene rings is 2. The highest BCUT2D eigenvalue weighted by Crippen LogP contribution is 2.48. The van der Waals surface area contributed by atoms with E-state index < -0.39 is 17.3 Å². The predicted molar refractivity (Wildman–Crippen MR) is 109 cm³/mol. The van der Waals surface area contributed by atoms with Gasteiger partial charge in [-0.15, -0.1) is 0 Å². The van der Waals surface area contributed by atoms with Crippen molar-refractivity contribution in [2.45, 2.75) is 31.1 Å². The van der Waals surface area contributed by atoms with Gasteiger partial charge in [-0.25, -0.2) is 0 Å². The quantitative estimate of drug-likeness (QED) is 0.626. The van der Waals surface area contributed by atoms with Crippen LogP contribution in [0.25, 0.3) is 6.08 Å². The highest BCUT2D eigenvalue weighted by atomic mass is 79.9. The highest BCUT2D eigenvalue weighted by Gasteiger charge is 2.48. The maximum Gasteiger partial charge on any atom is 0.416 e. The van der Waals surface area contributed by atoms with E-state index in [0.29, 0.717) is 6.54 Å². The summed E-state index contributed by atoms with van der Waals surface area (Å²) >= 11 is 3.64. The van der Waals surface area contributed by atoms with Crippen LogP contribution >= 0.6 is 15.9 Å². The van der Waals surface area contributed by atoms with Gasteiger partial charge in [0.25, 0.3) is 0 Å². The van der Waals surface area contributed by atoms with Crippen LogP contribution in [-0.4, -0.2) is 23.9 Å². The second-order valence-corrected chi connectivity index (χ2v) is 8.25. The average Bonchev–Trinajstić information content (AvgIpc) is 3.01. The number of hydrogen-bond acceptors (Lipinski definition) is 2. The fraction of sp³-hybridized carbons (Fsp3) is 0.318. The van der Waals surface area contributed by atoms with Gasteiger partial charge in [0.2, 0.25) is 5.91 Å². The SMILES string of the molecule is O=C(C=Cc1ccccc1C(F)(F)F)N1Cc2cccc(Br)c2C12CCNCC2. The molecule has 1 N–H and O–H groups in total. The summed E-state index contributed by atoms with van der Waals surface area (Å²) in [5.74, 6) is -0.271. The summed E-state index contributed by atoms with van der Waals surface area (Å²) in [5.41, 5.74) is 1.02. The van der Waals surface area contributed by atoms with E-state index >= 15 is 0 Å². The molecule has 152 valence electrons. The topological polar surface area (TPSA) is 32.3 Å². The Labute approximate surface area is 175 Å². The van der Waals surface area contributed by atoms with Crippen molar-refractivity contribution in [3.05, 3.63) is 75.3 Å². The van der Waals surface area contributed by atoms with Crippen molar-refractivity contribution in [1.82, 2.24) is 10.2 Å². The van der Waals surface area contributed by atoms with Gasteiger partial charge in [-0.3, -0.25) is 4.79 Å². The van der Waals surface area contributed by atoms with Crippen LogP contribution in [0.4, 0.5) is 13.2 Å². The van der Waals surface area contributed by atoms with Gasteiger partial charge in [-0.05, 0) is 60.8 Å². The van der Waals surface area contributed by atoms with Crippen LogP contribution in [0.2, 0.25) is 0 Å². The molecule has 2 aliphatic heterocycles. The molecule has 0 aliphatic carbocycles. The van der Waals surface area contributed by atoms with Crippen molar-refractivity contribution < 1.29 is 18.0 Å². The minimum atomic E-state index is -4.46. The van der Waals surface area contributed by atoms with Gasteiger partial charge in [-0.2, -0.15) is 13.2 Å². The molecule has 0 unspecified atom stereocenters. The molecule has 2 aromatic carbocycles. The molecular formula is C22H20BrF3N2O. The Bertz CT molecular complexity index is 965. The Hall–Kier alpha value is -2.12. The fourth-order valence-corrected chi connectivity index (χ4v) is 5.26. The monoisotopic (exact) mass is 464 g/mol. The molecule has 1 saturated heterocycles. The van der Waals surface area contributed by atoms with Gasteiger partial charge < -0.3 is 10.2 Å². The molecule has 0 atom stereocenters. The number of fused-ring (bicyclic) bond motifs is 2. The van der Waals surface area contributed by atoms with Gasteiger partial charge in [0.05, 0.1) is 11.1 Å². The summed E-state index contributed by atoms with van der Waals surface area (Å²) in [4.78, 5) is 15.0. The molecule has 0 aromatic heterocycles. The van der Waals surface area contributed by atoms with Gasteiger partial charge in [0, 0.05) is 17.1 Å². The van der Waals surface area contributed by atoms with E-state index in [1.165, 1.54) is 30.4 Å². The summed E-state index contributed by atoms with van der Waals surface area (Å²) in [6, 6.07) is 11.2. The first-order valence-electron chi connectivity index (χ1n) is 9.47. The standard InChI is InChI=1S/C22H20BrF3N2O/c23-18-7-3-5-16-14-28(21(20(16)18)10-12-27-13-11-21)19(29)9-8-15-4-1-2-6-17(15)22(24,25)26/h1-9,27H,10-14H2. The third-order valence-corrected chi connectivity index (χ3v) is 6.44. The number of carbonyl (C=O) groups excluding carboxylic acids is 1. The second kappa shape index (κ2) is 7.61. The normalized spacial score (nSPS) is 18.4.